The Bertz CT molecular complexity index is 142. The van der Waals surface area contributed by atoms with Gasteiger partial charge in [0.05, 0.1) is 0 Å². The highest BCUT2D eigenvalue weighted by atomic mass is 28.3. The van der Waals surface area contributed by atoms with Gasteiger partial charge < -0.3 is 4.57 Å². The molecule has 0 aliphatic carbocycles. The maximum atomic E-state index is 2.67. The summed E-state index contributed by atoms with van der Waals surface area (Å²) in [5, 5.41) is 0. The molecule has 0 bridgehead atoms. The fourth-order valence-corrected chi connectivity index (χ4v) is 10.8. The largest absolute Gasteiger partial charge is 0.326 e. The van der Waals surface area contributed by atoms with E-state index in [0.29, 0.717) is 0 Å². The number of rotatable bonds is 5. The van der Waals surface area contributed by atoms with Crippen LogP contribution in [0.5, 0.6) is 0 Å². The molecule has 0 aliphatic heterocycles. The molecule has 86 valence electrons. The van der Waals surface area contributed by atoms with E-state index >= 15 is 0 Å². The van der Waals surface area contributed by atoms with Gasteiger partial charge in [-0.3, -0.25) is 0 Å². The Balaban J connectivity index is 5.16. The van der Waals surface area contributed by atoms with Crippen molar-refractivity contribution < 1.29 is 0 Å². The Labute approximate surface area is 92.0 Å². The lowest BCUT2D eigenvalue weighted by Gasteiger charge is -2.49. The maximum absolute atomic E-state index is 2.67. The summed E-state index contributed by atoms with van der Waals surface area (Å²) in [7, 11) is 1.03. The Kier molecular flexibility index (Phi) is 5.38. The zero-order valence-corrected chi connectivity index (χ0v) is 12.4. The molecule has 0 atom stereocenters. The molecular formula is C12H29NSi. The third-order valence-corrected chi connectivity index (χ3v) is 11.1. The van der Waals surface area contributed by atoms with Crippen molar-refractivity contribution in [1.82, 2.24) is 4.57 Å². The second-order valence-corrected chi connectivity index (χ2v) is 11.4. The quantitative estimate of drug-likeness (QED) is 0.624. The third-order valence-electron chi connectivity index (χ3n) is 3.91. The number of hydrogen-bond donors (Lipinski definition) is 0. The van der Waals surface area contributed by atoms with E-state index in [1.54, 1.807) is 0 Å². The highest BCUT2D eigenvalue weighted by Crippen LogP contribution is 2.42. The second kappa shape index (κ2) is 5.31. The van der Waals surface area contributed by atoms with E-state index in [9.17, 15) is 0 Å². The van der Waals surface area contributed by atoms with Crippen molar-refractivity contribution in [3.05, 3.63) is 0 Å². The Morgan fingerprint density at radius 3 is 1.21 bits per heavy atom. The molecule has 0 aromatic carbocycles. The first kappa shape index (κ1) is 14.2. The Hall–Kier alpha value is 0.177. The van der Waals surface area contributed by atoms with Crippen LogP contribution in [0, 0.1) is 0 Å². The van der Waals surface area contributed by atoms with Crippen molar-refractivity contribution >= 4 is 8.24 Å². The molecule has 0 N–H and O–H groups in total. The molecule has 0 spiro atoms. The summed E-state index contributed by atoms with van der Waals surface area (Å²) in [6, 6.07) is 0. The van der Waals surface area contributed by atoms with Crippen LogP contribution < -0.4 is 0 Å². The van der Waals surface area contributed by atoms with Gasteiger partial charge in [-0.1, -0.05) is 48.5 Å². The van der Waals surface area contributed by atoms with Gasteiger partial charge >= 0.3 is 0 Å². The molecule has 0 amide bonds. The molecule has 0 aromatic heterocycles. The van der Waals surface area contributed by atoms with Crippen LogP contribution >= 0.6 is 0 Å². The van der Waals surface area contributed by atoms with Gasteiger partial charge in [0.25, 0.3) is 0 Å². The van der Waals surface area contributed by atoms with Crippen molar-refractivity contribution in [1.29, 1.82) is 0 Å². The van der Waals surface area contributed by atoms with Crippen LogP contribution in [0.15, 0.2) is 0 Å². The topological polar surface area (TPSA) is 3.24 Å². The fourth-order valence-electron chi connectivity index (χ4n) is 3.60. The van der Waals surface area contributed by atoms with Crippen LogP contribution in [0.4, 0.5) is 0 Å². The minimum absolute atomic E-state index is 0.840. The van der Waals surface area contributed by atoms with Crippen molar-refractivity contribution in [2.24, 2.45) is 0 Å². The second-order valence-electron chi connectivity index (χ2n) is 5.37. The van der Waals surface area contributed by atoms with Crippen LogP contribution in [0.1, 0.15) is 48.5 Å². The Morgan fingerprint density at radius 2 is 1.14 bits per heavy atom. The average molecular weight is 215 g/mol. The molecule has 0 heterocycles. The molecule has 0 saturated carbocycles. The van der Waals surface area contributed by atoms with E-state index in [4.69, 9.17) is 0 Å². The average Bonchev–Trinajstić information content (AvgIpc) is 2.02. The van der Waals surface area contributed by atoms with E-state index < -0.39 is 8.24 Å². The summed E-state index contributed by atoms with van der Waals surface area (Å²) < 4.78 is 2.67. The van der Waals surface area contributed by atoms with E-state index in [0.717, 1.165) is 16.6 Å². The van der Waals surface area contributed by atoms with Gasteiger partial charge in [0.1, 0.15) is 8.24 Å². The zero-order chi connectivity index (χ0) is 11.5. The van der Waals surface area contributed by atoms with Crippen molar-refractivity contribution in [2.75, 3.05) is 13.6 Å². The number of hydrogen-bond acceptors (Lipinski definition) is 1. The van der Waals surface area contributed by atoms with Crippen molar-refractivity contribution in [3.63, 3.8) is 0 Å². The van der Waals surface area contributed by atoms with E-state index in [-0.39, 0.29) is 0 Å². The van der Waals surface area contributed by atoms with Crippen LogP contribution in [0.3, 0.4) is 0 Å². The monoisotopic (exact) mass is 215 g/mol. The molecule has 0 radical (unpaired) electrons. The lowest BCUT2D eigenvalue weighted by molar-refractivity contribution is 0.482. The van der Waals surface area contributed by atoms with Crippen LogP contribution in [0.2, 0.25) is 16.6 Å². The molecule has 1 nitrogen and oxygen atoms in total. The van der Waals surface area contributed by atoms with Gasteiger partial charge in [0.2, 0.25) is 0 Å². The minimum atomic E-state index is -1.30. The van der Waals surface area contributed by atoms with Crippen LogP contribution in [-0.4, -0.2) is 26.4 Å². The molecule has 0 fully saturated rings. The van der Waals surface area contributed by atoms with Crippen LogP contribution in [-0.2, 0) is 0 Å². The van der Waals surface area contributed by atoms with Gasteiger partial charge in [-0.25, -0.2) is 0 Å². The molecule has 0 rings (SSSR count). The molecule has 0 unspecified atom stereocenters. The van der Waals surface area contributed by atoms with Gasteiger partial charge in [-0.15, -0.1) is 0 Å². The first-order valence-electron chi connectivity index (χ1n) is 6.02. The first-order valence-corrected chi connectivity index (χ1v) is 8.20. The van der Waals surface area contributed by atoms with E-state index in [2.05, 4.69) is 60.1 Å². The summed E-state index contributed by atoms with van der Waals surface area (Å²) >= 11 is 0. The number of nitrogens with zero attached hydrogens (tertiary/aromatic N) is 1. The van der Waals surface area contributed by atoms with E-state index in [1.807, 2.05) is 0 Å². The van der Waals surface area contributed by atoms with Crippen molar-refractivity contribution in [3.8, 4) is 0 Å². The fraction of sp³-hybridized carbons (Fsp3) is 1.00. The smallest absolute Gasteiger partial charge is 0.135 e. The van der Waals surface area contributed by atoms with Crippen LogP contribution in [0.25, 0.3) is 0 Å². The van der Waals surface area contributed by atoms with Gasteiger partial charge in [0.15, 0.2) is 0 Å². The summed E-state index contributed by atoms with van der Waals surface area (Å²) in [6.07, 6.45) is 0. The standard InChI is InChI=1S/C12H29NSi/c1-9-13(8)14(10(2)3,11(4)5)12(6)7/h10-12H,9H2,1-8H3. The SMILES string of the molecule is CCN(C)[Si](C(C)C)(C(C)C)C(C)C. The molecule has 0 saturated heterocycles. The third kappa shape index (κ3) is 2.22. The summed E-state index contributed by atoms with van der Waals surface area (Å²) in [5.41, 5.74) is 2.52. The minimum Gasteiger partial charge on any atom is -0.326 e. The molecule has 2 heteroatoms. The molecule has 0 aliphatic rings. The predicted molar refractivity (Wildman–Crippen MR) is 69.4 cm³/mol. The maximum Gasteiger partial charge on any atom is 0.135 e. The predicted octanol–water partition coefficient (Wildman–Crippen LogP) is 4.11. The first-order chi connectivity index (χ1) is 6.31. The Morgan fingerprint density at radius 1 is 0.857 bits per heavy atom. The summed E-state index contributed by atoms with van der Waals surface area (Å²) in [4.78, 5) is 0. The van der Waals surface area contributed by atoms with Gasteiger partial charge in [0, 0.05) is 0 Å². The summed E-state index contributed by atoms with van der Waals surface area (Å²) in [5.74, 6) is 0. The van der Waals surface area contributed by atoms with Gasteiger partial charge in [-0.05, 0) is 30.2 Å². The van der Waals surface area contributed by atoms with Crippen molar-refractivity contribution in [2.45, 2.75) is 65.1 Å². The zero-order valence-electron chi connectivity index (χ0n) is 11.4. The molecule has 0 aromatic rings. The molecule has 14 heavy (non-hydrogen) atoms. The summed E-state index contributed by atoms with van der Waals surface area (Å²) in [6.45, 7) is 18.0. The lowest BCUT2D eigenvalue weighted by Crippen LogP contribution is -2.58. The highest BCUT2D eigenvalue weighted by molar-refractivity contribution is 6.80. The van der Waals surface area contributed by atoms with E-state index in [1.165, 1.54) is 6.54 Å². The molecular weight excluding hydrogens is 186 g/mol. The lowest BCUT2D eigenvalue weighted by atomic mass is 10.5. The van der Waals surface area contributed by atoms with Gasteiger partial charge in [-0.2, -0.15) is 0 Å². The highest BCUT2D eigenvalue weighted by Gasteiger charge is 2.45. The normalized spacial score (nSPS) is 13.7.